The SMILES string of the molecule is CCCCCCC(=O)OC(COC(=O)CCC)COP(=O)(O)O. The number of carbonyl (C=O) groups excluding carboxylic acids is 2. The summed E-state index contributed by atoms with van der Waals surface area (Å²) < 4.78 is 25.0. The lowest BCUT2D eigenvalue weighted by molar-refractivity contribution is -0.161. The lowest BCUT2D eigenvalue weighted by Gasteiger charge is -2.18. The maximum Gasteiger partial charge on any atom is 0.469 e. The molecule has 1 unspecified atom stereocenters. The van der Waals surface area contributed by atoms with Crippen molar-refractivity contribution < 1.29 is 37.9 Å². The van der Waals surface area contributed by atoms with Crippen LogP contribution in [0.5, 0.6) is 0 Å². The fraction of sp³-hybridized carbons (Fsp3) is 0.857. The van der Waals surface area contributed by atoms with E-state index >= 15 is 0 Å². The first kappa shape index (κ1) is 22.1. The Balaban J connectivity index is 4.31. The van der Waals surface area contributed by atoms with Crippen molar-refractivity contribution in [3.63, 3.8) is 0 Å². The maximum absolute atomic E-state index is 11.7. The molecule has 0 aliphatic heterocycles. The Labute approximate surface area is 136 Å². The summed E-state index contributed by atoms with van der Waals surface area (Å²) in [6, 6.07) is 0. The van der Waals surface area contributed by atoms with E-state index in [4.69, 9.17) is 19.3 Å². The summed E-state index contributed by atoms with van der Waals surface area (Å²) in [7, 11) is -4.69. The Morgan fingerprint density at radius 1 is 0.957 bits per heavy atom. The largest absolute Gasteiger partial charge is 0.469 e. The second-order valence-electron chi connectivity index (χ2n) is 5.14. The molecule has 0 aliphatic carbocycles. The molecule has 0 aliphatic rings. The third-order valence-corrected chi connectivity index (χ3v) is 3.33. The van der Waals surface area contributed by atoms with E-state index in [0.29, 0.717) is 12.8 Å². The number of phosphoric acid groups is 1. The third kappa shape index (κ3) is 14.4. The van der Waals surface area contributed by atoms with Crippen LogP contribution in [-0.4, -0.2) is 41.0 Å². The van der Waals surface area contributed by atoms with Crippen LogP contribution in [0, 0.1) is 0 Å². The van der Waals surface area contributed by atoms with Crippen LogP contribution in [0.3, 0.4) is 0 Å². The van der Waals surface area contributed by atoms with Gasteiger partial charge in [0.15, 0.2) is 6.10 Å². The molecule has 0 fully saturated rings. The van der Waals surface area contributed by atoms with Gasteiger partial charge in [0.2, 0.25) is 0 Å². The molecule has 0 heterocycles. The van der Waals surface area contributed by atoms with Gasteiger partial charge in [0, 0.05) is 12.8 Å². The van der Waals surface area contributed by atoms with Crippen LogP contribution in [0.25, 0.3) is 0 Å². The number of phosphoric ester groups is 1. The number of hydrogen-bond acceptors (Lipinski definition) is 6. The summed E-state index contributed by atoms with van der Waals surface area (Å²) in [5.74, 6) is -0.973. The van der Waals surface area contributed by atoms with Crippen molar-refractivity contribution in [2.24, 2.45) is 0 Å². The average molecular weight is 354 g/mol. The molecule has 0 aromatic carbocycles. The average Bonchev–Trinajstić information content (AvgIpc) is 2.46. The summed E-state index contributed by atoms with van der Waals surface area (Å²) in [5.41, 5.74) is 0. The quantitative estimate of drug-likeness (QED) is 0.294. The second kappa shape index (κ2) is 12.5. The van der Waals surface area contributed by atoms with Gasteiger partial charge in [-0.2, -0.15) is 0 Å². The number of hydrogen-bond donors (Lipinski definition) is 2. The summed E-state index contributed by atoms with van der Waals surface area (Å²) in [5, 5.41) is 0. The van der Waals surface area contributed by atoms with Gasteiger partial charge in [-0.05, 0) is 12.8 Å². The summed E-state index contributed by atoms with van der Waals surface area (Å²) in [4.78, 5) is 40.4. The molecule has 0 saturated carbocycles. The van der Waals surface area contributed by atoms with E-state index < -0.39 is 32.5 Å². The second-order valence-corrected chi connectivity index (χ2v) is 6.38. The van der Waals surface area contributed by atoms with Crippen LogP contribution in [0.15, 0.2) is 0 Å². The smallest absolute Gasteiger partial charge is 0.462 e. The van der Waals surface area contributed by atoms with Gasteiger partial charge in [0.25, 0.3) is 0 Å². The zero-order chi connectivity index (χ0) is 17.7. The van der Waals surface area contributed by atoms with Crippen LogP contribution in [0.4, 0.5) is 0 Å². The molecule has 0 aromatic rings. The molecule has 8 nitrogen and oxygen atoms in total. The zero-order valence-corrected chi connectivity index (χ0v) is 14.6. The van der Waals surface area contributed by atoms with Gasteiger partial charge in [-0.1, -0.05) is 33.1 Å². The normalized spacial score (nSPS) is 12.7. The van der Waals surface area contributed by atoms with Crippen molar-refractivity contribution in [2.75, 3.05) is 13.2 Å². The van der Waals surface area contributed by atoms with Gasteiger partial charge < -0.3 is 19.3 Å². The lowest BCUT2D eigenvalue weighted by atomic mass is 10.1. The van der Waals surface area contributed by atoms with Gasteiger partial charge in [-0.15, -0.1) is 0 Å². The Hall–Kier alpha value is -0.950. The molecule has 0 spiro atoms. The molecule has 0 bridgehead atoms. The number of ether oxygens (including phenoxy) is 2. The minimum Gasteiger partial charge on any atom is -0.462 e. The Morgan fingerprint density at radius 3 is 2.22 bits per heavy atom. The molecule has 0 amide bonds. The van der Waals surface area contributed by atoms with Crippen LogP contribution in [0.1, 0.15) is 58.8 Å². The Morgan fingerprint density at radius 2 is 1.65 bits per heavy atom. The van der Waals surface area contributed by atoms with Crippen molar-refractivity contribution in [2.45, 2.75) is 64.9 Å². The molecule has 9 heteroatoms. The van der Waals surface area contributed by atoms with Crippen molar-refractivity contribution in [3.05, 3.63) is 0 Å². The van der Waals surface area contributed by atoms with Crippen LogP contribution in [-0.2, 0) is 28.2 Å². The van der Waals surface area contributed by atoms with Gasteiger partial charge in [-0.25, -0.2) is 4.57 Å². The number of esters is 2. The minimum atomic E-state index is -4.69. The number of unbranched alkanes of at least 4 members (excludes halogenated alkanes) is 3. The van der Waals surface area contributed by atoms with Gasteiger partial charge in [0.05, 0.1) is 6.61 Å². The van der Waals surface area contributed by atoms with E-state index in [9.17, 15) is 14.2 Å². The lowest BCUT2D eigenvalue weighted by Crippen LogP contribution is -2.29. The van der Waals surface area contributed by atoms with Gasteiger partial charge >= 0.3 is 19.8 Å². The molecule has 0 radical (unpaired) electrons. The van der Waals surface area contributed by atoms with Crippen molar-refractivity contribution >= 4 is 19.8 Å². The number of carbonyl (C=O) groups is 2. The first-order valence-corrected chi connectivity index (χ1v) is 9.36. The first-order valence-electron chi connectivity index (χ1n) is 7.83. The molecular formula is C14H27O8P. The molecule has 2 N–H and O–H groups in total. The molecular weight excluding hydrogens is 327 g/mol. The molecule has 1 atom stereocenters. The van der Waals surface area contributed by atoms with Crippen molar-refractivity contribution in [1.29, 1.82) is 0 Å². The predicted octanol–water partition coefficient (Wildman–Crippen LogP) is 2.32. The fourth-order valence-corrected chi connectivity index (χ4v) is 2.06. The van der Waals surface area contributed by atoms with Crippen molar-refractivity contribution in [1.82, 2.24) is 0 Å². The molecule has 0 saturated heterocycles. The van der Waals surface area contributed by atoms with E-state index in [0.717, 1.165) is 19.3 Å². The highest BCUT2D eigenvalue weighted by molar-refractivity contribution is 7.46. The van der Waals surface area contributed by atoms with E-state index in [1.54, 1.807) is 0 Å². The minimum absolute atomic E-state index is 0.204. The predicted molar refractivity (Wildman–Crippen MR) is 82.5 cm³/mol. The van der Waals surface area contributed by atoms with Gasteiger partial charge in [0.1, 0.15) is 6.61 Å². The molecule has 23 heavy (non-hydrogen) atoms. The summed E-state index contributed by atoms with van der Waals surface area (Å²) in [6.45, 7) is 3.04. The Bertz CT molecular complexity index is 392. The van der Waals surface area contributed by atoms with E-state index in [1.165, 1.54) is 0 Å². The summed E-state index contributed by atoms with van der Waals surface area (Å²) in [6.07, 6.45) is 3.64. The van der Waals surface area contributed by atoms with E-state index in [2.05, 4.69) is 11.4 Å². The Kier molecular flexibility index (Phi) is 12.0. The zero-order valence-electron chi connectivity index (χ0n) is 13.7. The highest BCUT2D eigenvalue weighted by atomic mass is 31.2. The first-order chi connectivity index (χ1) is 10.8. The van der Waals surface area contributed by atoms with Crippen LogP contribution < -0.4 is 0 Å². The fourth-order valence-electron chi connectivity index (χ4n) is 1.70. The van der Waals surface area contributed by atoms with Crippen LogP contribution >= 0.6 is 7.82 Å². The van der Waals surface area contributed by atoms with E-state index in [1.807, 2.05) is 6.92 Å². The highest BCUT2D eigenvalue weighted by Crippen LogP contribution is 2.35. The molecule has 136 valence electrons. The molecule has 0 aromatic heterocycles. The maximum atomic E-state index is 11.7. The van der Waals surface area contributed by atoms with Gasteiger partial charge in [-0.3, -0.25) is 14.1 Å². The third-order valence-electron chi connectivity index (χ3n) is 2.85. The monoisotopic (exact) mass is 354 g/mol. The standard InChI is InChI=1S/C14H27O8P/c1-3-5-6-7-9-14(16)22-12(11-21-23(17,18)19)10-20-13(15)8-4-2/h12H,3-11H2,1-2H3,(H2,17,18,19). The number of rotatable bonds is 13. The van der Waals surface area contributed by atoms with Crippen LogP contribution in [0.2, 0.25) is 0 Å². The summed E-state index contributed by atoms with van der Waals surface area (Å²) >= 11 is 0. The highest BCUT2D eigenvalue weighted by Gasteiger charge is 2.22. The van der Waals surface area contributed by atoms with Crippen molar-refractivity contribution in [3.8, 4) is 0 Å². The topological polar surface area (TPSA) is 119 Å². The molecule has 0 rings (SSSR count). The van der Waals surface area contributed by atoms with E-state index in [-0.39, 0.29) is 19.4 Å².